The molecule has 6 heteroatoms. The van der Waals surface area contributed by atoms with E-state index >= 15 is 0 Å². The lowest BCUT2D eigenvalue weighted by Gasteiger charge is -2.28. The topological polar surface area (TPSA) is 86.7 Å². The molecule has 1 aliphatic carbocycles. The number of nitrogens with one attached hydrogen (secondary N) is 1. The number of carboxylic acid groups (broad SMARTS) is 1. The van der Waals surface area contributed by atoms with Crippen LogP contribution in [0.15, 0.2) is 0 Å². The molecule has 0 radical (unpaired) electrons. The third kappa shape index (κ3) is 4.69. The van der Waals surface area contributed by atoms with E-state index in [-0.39, 0.29) is 29.2 Å². The maximum atomic E-state index is 12.5. The van der Waals surface area contributed by atoms with E-state index < -0.39 is 12.0 Å². The zero-order valence-corrected chi connectivity index (χ0v) is 14.3. The van der Waals surface area contributed by atoms with Crippen LogP contribution in [0.4, 0.5) is 0 Å². The Bertz CT molecular complexity index is 483. The highest BCUT2D eigenvalue weighted by Crippen LogP contribution is 2.28. The summed E-state index contributed by atoms with van der Waals surface area (Å²) in [5, 5.41) is 12.0. The Balaban J connectivity index is 1.91. The molecule has 1 saturated carbocycles. The van der Waals surface area contributed by atoms with E-state index in [4.69, 9.17) is 5.11 Å². The van der Waals surface area contributed by atoms with Crippen molar-refractivity contribution in [1.82, 2.24) is 10.2 Å². The Morgan fingerprint density at radius 3 is 2.43 bits per heavy atom. The average Bonchev–Trinajstić information content (AvgIpc) is 3.04. The first kappa shape index (κ1) is 17.8. The van der Waals surface area contributed by atoms with Crippen molar-refractivity contribution in [2.75, 3.05) is 6.54 Å². The van der Waals surface area contributed by atoms with E-state index in [9.17, 15) is 14.4 Å². The molecule has 0 unspecified atom stereocenters. The zero-order valence-electron chi connectivity index (χ0n) is 14.3. The van der Waals surface area contributed by atoms with Gasteiger partial charge in [0.25, 0.3) is 0 Å². The van der Waals surface area contributed by atoms with Crippen molar-refractivity contribution < 1.29 is 19.5 Å². The Morgan fingerprint density at radius 2 is 1.87 bits per heavy atom. The summed E-state index contributed by atoms with van der Waals surface area (Å²) in [6.07, 6.45) is 3.77. The Hall–Kier alpha value is -1.59. The average molecular weight is 324 g/mol. The van der Waals surface area contributed by atoms with Crippen LogP contribution in [0.1, 0.15) is 59.3 Å². The van der Waals surface area contributed by atoms with Gasteiger partial charge in [0.15, 0.2) is 0 Å². The molecule has 0 aromatic carbocycles. The minimum Gasteiger partial charge on any atom is -0.481 e. The molecule has 2 aliphatic rings. The molecule has 1 heterocycles. The van der Waals surface area contributed by atoms with Crippen molar-refractivity contribution in [1.29, 1.82) is 0 Å². The lowest BCUT2D eigenvalue weighted by atomic mass is 9.91. The summed E-state index contributed by atoms with van der Waals surface area (Å²) < 4.78 is 0. The van der Waals surface area contributed by atoms with E-state index in [1.807, 2.05) is 20.8 Å². The molecule has 0 spiro atoms. The number of carbonyl (C=O) groups is 3. The van der Waals surface area contributed by atoms with Gasteiger partial charge in [-0.2, -0.15) is 0 Å². The van der Waals surface area contributed by atoms with Crippen molar-refractivity contribution in [2.45, 2.75) is 71.4 Å². The molecule has 130 valence electrons. The maximum Gasteiger partial charge on any atom is 0.306 e. The highest BCUT2D eigenvalue weighted by atomic mass is 16.4. The first-order valence-electron chi connectivity index (χ1n) is 8.50. The van der Waals surface area contributed by atoms with Gasteiger partial charge in [-0.15, -0.1) is 0 Å². The molecular weight excluding hydrogens is 296 g/mol. The smallest absolute Gasteiger partial charge is 0.306 e. The predicted octanol–water partition coefficient (Wildman–Crippen LogP) is 1.78. The summed E-state index contributed by atoms with van der Waals surface area (Å²) in [5.74, 6) is -1.24. The van der Waals surface area contributed by atoms with Gasteiger partial charge in [0.05, 0.1) is 5.92 Å². The van der Waals surface area contributed by atoms with E-state index in [0.717, 1.165) is 6.42 Å². The van der Waals surface area contributed by atoms with Crippen LogP contribution >= 0.6 is 0 Å². The highest BCUT2D eigenvalue weighted by molar-refractivity contribution is 5.88. The molecule has 2 amide bonds. The molecule has 0 aromatic heterocycles. The van der Waals surface area contributed by atoms with E-state index in [1.54, 1.807) is 4.90 Å². The molecule has 0 aromatic rings. The standard InChI is InChI=1S/C17H28N2O4/c1-17(2,3)10-14(20)19-8-4-5-13(19)15(21)18-12-7-6-11(9-12)16(22)23/h11-13H,4-10H2,1-3H3,(H,18,21)(H,22,23)/t11-,12+,13+/m0/s1. The molecule has 3 atom stereocenters. The van der Waals surface area contributed by atoms with Crippen molar-refractivity contribution in [2.24, 2.45) is 11.3 Å². The summed E-state index contributed by atoms with van der Waals surface area (Å²) in [5.41, 5.74) is -0.0964. The van der Waals surface area contributed by atoms with Crippen molar-refractivity contribution in [3.63, 3.8) is 0 Å². The number of amides is 2. The monoisotopic (exact) mass is 324 g/mol. The van der Waals surface area contributed by atoms with Gasteiger partial charge < -0.3 is 15.3 Å². The second-order valence-corrected chi connectivity index (χ2v) is 8.04. The number of hydrogen-bond donors (Lipinski definition) is 2. The third-order valence-electron chi connectivity index (χ3n) is 4.69. The van der Waals surface area contributed by atoms with Crippen molar-refractivity contribution in [3.05, 3.63) is 0 Å². The molecule has 23 heavy (non-hydrogen) atoms. The van der Waals surface area contributed by atoms with Crippen LogP contribution in [0.3, 0.4) is 0 Å². The van der Waals surface area contributed by atoms with Gasteiger partial charge in [0.2, 0.25) is 11.8 Å². The fourth-order valence-electron chi connectivity index (χ4n) is 3.53. The zero-order chi connectivity index (χ0) is 17.2. The minimum absolute atomic E-state index is 0.0324. The van der Waals surface area contributed by atoms with Crippen molar-refractivity contribution in [3.8, 4) is 0 Å². The molecule has 1 saturated heterocycles. The number of nitrogens with zero attached hydrogens (tertiary/aromatic N) is 1. The van der Waals surface area contributed by atoms with E-state index in [0.29, 0.717) is 38.6 Å². The summed E-state index contributed by atoms with van der Waals surface area (Å²) in [6.45, 7) is 6.68. The first-order valence-corrected chi connectivity index (χ1v) is 8.50. The SMILES string of the molecule is CC(C)(C)CC(=O)N1CCC[C@@H]1C(=O)N[C@@H]1CC[C@H](C(=O)O)C1. The molecule has 2 fully saturated rings. The minimum atomic E-state index is -0.787. The van der Waals surface area contributed by atoms with Gasteiger partial charge in [-0.25, -0.2) is 0 Å². The number of likely N-dealkylation sites (tertiary alicyclic amines) is 1. The fraction of sp³-hybridized carbons (Fsp3) is 0.824. The molecule has 2 N–H and O–H groups in total. The lowest BCUT2D eigenvalue weighted by Crippen LogP contribution is -2.49. The van der Waals surface area contributed by atoms with Gasteiger partial charge in [-0.1, -0.05) is 20.8 Å². The van der Waals surface area contributed by atoms with Crippen LogP contribution in [0.2, 0.25) is 0 Å². The fourth-order valence-corrected chi connectivity index (χ4v) is 3.53. The maximum absolute atomic E-state index is 12.5. The largest absolute Gasteiger partial charge is 0.481 e. The third-order valence-corrected chi connectivity index (χ3v) is 4.69. The normalized spacial score (nSPS) is 28.0. The van der Waals surface area contributed by atoms with Gasteiger partial charge in [-0.05, 0) is 37.5 Å². The Kier molecular flexibility index (Phi) is 5.32. The van der Waals surface area contributed by atoms with E-state index in [1.165, 1.54) is 0 Å². The van der Waals surface area contributed by atoms with Gasteiger partial charge >= 0.3 is 5.97 Å². The van der Waals surface area contributed by atoms with Crippen LogP contribution in [0, 0.1) is 11.3 Å². The predicted molar refractivity (Wildman–Crippen MR) is 85.7 cm³/mol. The molecule has 1 aliphatic heterocycles. The second kappa shape index (κ2) is 6.89. The summed E-state index contributed by atoms with van der Waals surface area (Å²) in [4.78, 5) is 37.6. The first-order chi connectivity index (χ1) is 10.7. The number of rotatable bonds is 4. The number of aliphatic carboxylic acids is 1. The van der Waals surface area contributed by atoms with E-state index in [2.05, 4.69) is 5.32 Å². The van der Waals surface area contributed by atoms with Gasteiger partial charge in [0.1, 0.15) is 6.04 Å². The molecular formula is C17H28N2O4. The van der Waals surface area contributed by atoms with Gasteiger partial charge in [-0.3, -0.25) is 14.4 Å². The number of carbonyl (C=O) groups excluding carboxylic acids is 2. The quantitative estimate of drug-likeness (QED) is 0.825. The number of carboxylic acids is 1. The summed E-state index contributed by atoms with van der Waals surface area (Å²) >= 11 is 0. The molecule has 6 nitrogen and oxygen atoms in total. The van der Waals surface area contributed by atoms with Crippen LogP contribution in [-0.4, -0.2) is 46.4 Å². The Labute approximate surface area is 137 Å². The van der Waals surface area contributed by atoms with Gasteiger partial charge in [0, 0.05) is 19.0 Å². The van der Waals surface area contributed by atoms with Crippen LogP contribution in [0.25, 0.3) is 0 Å². The summed E-state index contributed by atoms with van der Waals surface area (Å²) in [6, 6.07) is -0.475. The highest BCUT2D eigenvalue weighted by Gasteiger charge is 2.37. The van der Waals surface area contributed by atoms with Crippen LogP contribution in [0.5, 0.6) is 0 Å². The number of hydrogen-bond acceptors (Lipinski definition) is 3. The second-order valence-electron chi connectivity index (χ2n) is 8.04. The van der Waals surface area contributed by atoms with Crippen LogP contribution in [-0.2, 0) is 14.4 Å². The molecule has 0 bridgehead atoms. The lowest BCUT2D eigenvalue weighted by molar-refractivity contribution is -0.141. The van der Waals surface area contributed by atoms with Crippen LogP contribution < -0.4 is 5.32 Å². The summed E-state index contributed by atoms with van der Waals surface area (Å²) in [7, 11) is 0. The Morgan fingerprint density at radius 1 is 1.17 bits per heavy atom. The van der Waals surface area contributed by atoms with Crippen molar-refractivity contribution >= 4 is 17.8 Å². The molecule has 2 rings (SSSR count).